The molecule has 0 aliphatic rings. The van der Waals surface area contributed by atoms with E-state index in [9.17, 15) is 0 Å². The van der Waals surface area contributed by atoms with Gasteiger partial charge in [0.2, 0.25) is 0 Å². The van der Waals surface area contributed by atoms with Gasteiger partial charge >= 0.3 is 8.60 Å². The summed E-state index contributed by atoms with van der Waals surface area (Å²) in [5, 5.41) is 0. The SMILES string of the molecule is CCc1ccc(OP(Oc2ccc(CC)cc2OC)Oc2ccc(CC)cc2OC)c(OC)c1. The summed E-state index contributed by atoms with van der Waals surface area (Å²) in [6.07, 6.45) is 2.67. The average molecular weight is 485 g/mol. The maximum absolute atomic E-state index is 6.24. The quantitative estimate of drug-likeness (QED) is 0.254. The Bertz CT molecular complexity index is 948. The Morgan fingerprint density at radius 2 is 0.765 bits per heavy atom. The summed E-state index contributed by atoms with van der Waals surface area (Å²) in [7, 11) is 2.91. The van der Waals surface area contributed by atoms with Crippen LogP contribution in [0, 0.1) is 0 Å². The van der Waals surface area contributed by atoms with E-state index in [-0.39, 0.29) is 0 Å². The van der Waals surface area contributed by atoms with E-state index in [4.69, 9.17) is 27.8 Å². The number of methoxy groups -OCH3 is 3. The zero-order valence-corrected chi connectivity index (χ0v) is 21.6. The maximum Gasteiger partial charge on any atom is 0.530 e. The zero-order chi connectivity index (χ0) is 24.5. The maximum atomic E-state index is 6.24. The van der Waals surface area contributed by atoms with Gasteiger partial charge in [-0.1, -0.05) is 39.0 Å². The first kappa shape index (κ1) is 25.5. The molecular weight excluding hydrogens is 451 g/mol. The highest BCUT2D eigenvalue weighted by molar-refractivity contribution is 7.43. The zero-order valence-electron chi connectivity index (χ0n) is 20.7. The van der Waals surface area contributed by atoms with Crippen LogP contribution in [0.3, 0.4) is 0 Å². The van der Waals surface area contributed by atoms with Crippen LogP contribution < -0.4 is 27.8 Å². The fourth-order valence-corrected chi connectivity index (χ4v) is 4.36. The number of hydrogen-bond donors (Lipinski definition) is 0. The van der Waals surface area contributed by atoms with Gasteiger partial charge in [-0.05, 0) is 72.4 Å². The normalized spacial score (nSPS) is 10.7. The molecule has 0 amide bonds. The molecule has 0 N–H and O–H groups in total. The van der Waals surface area contributed by atoms with Crippen LogP contribution in [0.15, 0.2) is 54.6 Å². The number of ether oxygens (including phenoxy) is 3. The summed E-state index contributed by atoms with van der Waals surface area (Å²) in [6.45, 7) is 6.27. The smallest absolute Gasteiger partial charge is 0.493 e. The third kappa shape index (κ3) is 6.27. The van der Waals surface area contributed by atoms with Crippen LogP contribution in [0.2, 0.25) is 0 Å². The Morgan fingerprint density at radius 3 is 1.00 bits per heavy atom. The minimum Gasteiger partial charge on any atom is -0.493 e. The summed E-state index contributed by atoms with van der Waals surface area (Å²) < 4.78 is 35.4. The van der Waals surface area contributed by atoms with Crippen molar-refractivity contribution in [3.05, 3.63) is 71.3 Å². The molecular formula is C27H33O6P. The van der Waals surface area contributed by atoms with E-state index in [2.05, 4.69) is 20.8 Å². The van der Waals surface area contributed by atoms with Crippen LogP contribution in [0.25, 0.3) is 0 Å². The Hall–Kier alpha value is -3.11. The van der Waals surface area contributed by atoms with E-state index in [1.54, 1.807) is 21.3 Å². The summed E-state index contributed by atoms with van der Waals surface area (Å²) in [4.78, 5) is 0. The van der Waals surface area contributed by atoms with Gasteiger partial charge in [0, 0.05) is 0 Å². The van der Waals surface area contributed by atoms with Gasteiger partial charge in [0.15, 0.2) is 34.5 Å². The monoisotopic (exact) mass is 484 g/mol. The molecule has 0 fully saturated rings. The molecule has 0 saturated carbocycles. The highest BCUT2D eigenvalue weighted by atomic mass is 31.2. The molecule has 0 unspecified atom stereocenters. The first-order chi connectivity index (χ1) is 16.5. The van der Waals surface area contributed by atoms with Crippen LogP contribution >= 0.6 is 8.60 Å². The fraction of sp³-hybridized carbons (Fsp3) is 0.333. The second kappa shape index (κ2) is 12.4. The van der Waals surface area contributed by atoms with Gasteiger partial charge in [-0.25, -0.2) is 0 Å². The number of benzene rings is 3. The minimum absolute atomic E-state index is 0.527. The van der Waals surface area contributed by atoms with Crippen LogP contribution in [-0.4, -0.2) is 21.3 Å². The van der Waals surface area contributed by atoms with Crippen molar-refractivity contribution in [2.45, 2.75) is 40.0 Å². The van der Waals surface area contributed by atoms with E-state index in [0.717, 1.165) is 36.0 Å². The minimum atomic E-state index is -1.94. The molecule has 0 radical (unpaired) electrons. The Morgan fingerprint density at radius 1 is 0.471 bits per heavy atom. The van der Waals surface area contributed by atoms with Crippen molar-refractivity contribution < 1.29 is 27.8 Å². The van der Waals surface area contributed by atoms with Crippen LogP contribution in [0.4, 0.5) is 0 Å². The topological polar surface area (TPSA) is 55.4 Å². The molecule has 0 bridgehead atoms. The number of aryl methyl sites for hydroxylation is 3. The summed E-state index contributed by atoms with van der Waals surface area (Å²) in [5.74, 6) is 3.42. The van der Waals surface area contributed by atoms with Gasteiger partial charge in [-0.3, -0.25) is 0 Å². The molecule has 0 saturated heterocycles. The number of hydrogen-bond acceptors (Lipinski definition) is 6. The lowest BCUT2D eigenvalue weighted by Gasteiger charge is -2.21. The Labute approximate surface area is 203 Å². The van der Waals surface area contributed by atoms with E-state index < -0.39 is 8.60 Å². The molecule has 0 heterocycles. The molecule has 0 spiro atoms. The van der Waals surface area contributed by atoms with Gasteiger partial charge in [-0.2, -0.15) is 0 Å². The first-order valence-electron chi connectivity index (χ1n) is 11.4. The summed E-state index contributed by atoms with van der Waals surface area (Å²) in [6, 6.07) is 17.5. The molecule has 7 heteroatoms. The molecule has 0 aromatic heterocycles. The van der Waals surface area contributed by atoms with E-state index in [1.807, 2.05) is 54.6 Å². The predicted molar refractivity (Wildman–Crippen MR) is 136 cm³/mol. The first-order valence-corrected chi connectivity index (χ1v) is 12.5. The van der Waals surface area contributed by atoms with Crippen molar-refractivity contribution in [3.63, 3.8) is 0 Å². The molecule has 34 heavy (non-hydrogen) atoms. The van der Waals surface area contributed by atoms with Crippen molar-refractivity contribution in [2.24, 2.45) is 0 Å². The molecule has 0 atom stereocenters. The van der Waals surface area contributed by atoms with E-state index in [0.29, 0.717) is 34.5 Å². The van der Waals surface area contributed by atoms with Crippen molar-refractivity contribution in [3.8, 4) is 34.5 Å². The van der Waals surface area contributed by atoms with E-state index in [1.165, 1.54) is 0 Å². The summed E-state index contributed by atoms with van der Waals surface area (Å²) >= 11 is 0. The Kier molecular flexibility index (Phi) is 9.29. The van der Waals surface area contributed by atoms with Gasteiger partial charge < -0.3 is 27.8 Å². The largest absolute Gasteiger partial charge is 0.530 e. The molecule has 3 aromatic rings. The predicted octanol–water partition coefficient (Wildman–Crippen LogP) is 7.16. The Balaban J connectivity index is 1.97. The number of rotatable bonds is 12. The van der Waals surface area contributed by atoms with Gasteiger partial charge in [0.1, 0.15) is 0 Å². The second-order valence-electron chi connectivity index (χ2n) is 7.51. The standard InChI is InChI=1S/C27H33O6P/c1-7-19-10-13-22(25(16-19)28-4)31-34(32-23-14-11-20(8-2)17-26(23)29-5)33-24-15-12-21(9-3)18-27(24)30-6/h10-18H,7-9H2,1-6H3. The van der Waals surface area contributed by atoms with E-state index >= 15 is 0 Å². The molecule has 3 rings (SSSR count). The van der Waals surface area contributed by atoms with Gasteiger partial charge in [0.05, 0.1) is 21.3 Å². The highest BCUT2D eigenvalue weighted by Crippen LogP contribution is 2.49. The van der Waals surface area contributed by atoms with Crippen LogP contribution in [0.5, 0.6) is 34.5 Å². The lowest BCUT2D eigenvalue weighted by atomic mass is 10.1. The van der Waals surface area contributed by atoms with Crippen molar-refractivity contribution in [2.75, 3.05) is 21.3 Å². The second-order valence-corrected chi connectivity index (χ2v) is 8.51. The molecule has 3 aromatic carbocycles. The van der Waals surface area contributed by atoms with Crippen molar-refractivity contribution >= 4 is 8.60 Å². The average Bonchev–Trinajstić information content (AvgIpc) is 2.89. The lowest BCUT2D eigenvalue weighted by Crippen LogP contribution is -2.05. The summed E-state index contributed by atoms with van der Waals surface area (Å²) in [5.41, 5.74) is 3.43. The van der Waals surface area contributed by atoms with Gasteiger partial charge in [0.25, 0.3) is 0 Å². The molecule has 0 aliphatic heterocycles. The van der Waals surface area contributed by atoms with Crippen LogP contribution in [-0.2, 0) is 19.3 Å². The third-order valence-corrected chi connectivity index (χ3v) is 6.46. The lowest BCUT2D eigenvalue weighted by molar-refractivity contribution is 0.337. The fourth-order valence-electron chi connectivity index (χ4n) is 3.32. The highest BCUT2D eigenvalue weighted by Gasteiger charge is 2.25. The third-order valence-electron chi connectivity index (χ3n) is 5.43. The molecule has 6 nitrogen and oxygen atoms in total. The van der Waals surface area contributed by atoms with Crippen LogP contribution in [0.1, 0.15) is 37.5 Å². The molecule has 0 aliphatic carbocycles. The van der Waals surface area contributed by atoms with Crippen molar-refractivity contribution in [1.29, 1.82) is 0 Å². The molecule has 182 valence electrons. The van der Waals surface area contributed by atoms with Gasteiger partial charge in [-0.15, -0.1) is 0 Å². The van der Waals surface area contributed by atoms with Crippen molar-refractivity contribution in [1.82, 2.24) is 0 Å².